The molecule has 0 radical (unpaired) electrons. The summed E-state index contributed by atoms with van der Waals surface area (Å²) in [6.07, 6.45) is 5.54. The zero-order chi connectivity index (χ0) is 54.6. The van der Waals surface area contributed by atoms with Gasteiger partial charge >= 0.3 is 5.97 Å². The van der Waals surface area contributed by atoms with Crippen molar-refractivity contribution in [3.05, 3.63) is 88.0 Å². The highest BCUT2D eigenvalue weighted by Gasteiger charge is 2.67. The molecule has 2 N–H and O–H groups in total. The SMILES string of the molecule is CCn1c(-c2cccnc2[C@H](C)OC)c2c3cc(ccc31)-c1csc(n1)C[C@H](NC(=O)[C@H](C(C)C)N(C)C(=O)[C@H]1CCN(C(=O)[C@H]3[C@@H](C4CC4)N3[S@+]([O-])c3ccc(C)cc3)C1)C(=O)N1CCC[C@H](N1)C(=O)OCC(C)(C)C2. The van der Waals surface area contributed by atoms with E-state index in [4.69, 9.17) is 19.4 Å². The predicted octanol–water partition coefficient (Wildman–Crippen LogP) is 7.03. The smallest absolute Gasteiger partial charge is 0.324 e. The van der Waals surface area contributed by atoms with Crippen molar-refractivity contribution >= 4 is 63.2 Å². The highest BCUT2D eigenvalue weighted by molar-refractivity contribution is 7.89. The number of likely N-dealkylation sites (N-methyl/N-ethyl adjacent to an activating group) is 1. The van der Waals surface area contributed by atoms with Gasteiger partial charge in [-0.1, -0.05) is 51.5 Å². The molecule has 4 aliphatic heterocycles. The number of nitrogens with one attached hydrogen (secondary N) is 2. The van der Waals surface area contributed by atoms with Gasteiger partial charge in [0.05, 0.1) is 58.1 Å². The highest BCUT2D eigenvalue weighted by atomic mass is 32.2. The Labute approximate surface area is 458 Å². The van der Waals surface area contributed by atoms with Crippen molar-refractivity contribution in [2.45, 2.75) is 141 Å². The number of cyclic esters (lactones) is 1. The van der Waals surface area contributed by atoms with Crippen LogP contribution in [-0.4, -0.2) is 138 Å². The van der Waals surface area contributed by atoms with Crippen molar-refractivity contribution in [3.63, 3.8) is 0 Å². The molecule has 4 fully saturated rings. The number of carbonyl (C=O) groups is 5. The molecule has 3 aromatic heterocycles. The van der Waals surface area contributed by atoms with E-state index in [0.29, 0.717) is 61.1 Å². The molecule has 7 heterocycles. The number of amides is 4. The Morgan fingerprint density at radius 1 is 1.05 bits per heavy atom. The second kappa shape index (κ2) is 22.2. The second-order valence-corrected chi connectivity index (χ2v) is 25.2. The van der Waals surface area contributed by atoms with Crippen molar-refractivity contribution in [3.8, 4) is 22.5 Å². The summed E-state index contributed by atoms with van der Waals surface area (Å²) in [5.41, 5.74) is 10.3. The van der Waals surface area contributed by atoms with Crippen LogP contribution in [0.15, 0.2) is 71.1 Å². The Morgan fingerprint density at radius 3 is 2.53 bits per heavy atom. The first kappa shape index (κ1) is 54.6. The number of hydrogen-bond donors (Lipinski definition) is 2. The van der Waals surface area contributed by atoms with Gasteiger partial charge in [-0.15, -0.1) is 15.6 Å². The Morgan fingerprint density at radius 2 is 1.82 bits per heavy atom. The van der Waals surface area contributed by atoms with Crippen molar-refractivity contribution in [2.75, 3.05) is 40.4 Å². The van der Waals surface area contributed by atoms with Crippen molar-refractivity contribution in [2.24, 2.45) is 23.2 Å². The van der Waals surface area contributed by atoms with Gasteiger partial charge in [-0.25, -0.2) is 10.4 Å². The molecular formula is C58H73N9O8S2. The molecule has 77 heavy (non-hydrogen) atoms. The minimum atomic E-state index is -1.48. The summed E-state index contributed by atoms with van der Waals surface area (Å²) in [6, 6.07) is 14.5. The van der Waals surface area contributed by atoms with E-state index in [2.05, 4.69) is 60.3 Å². The number of likely N-dealkylation sites (tertiary alicyclic amines) is 1. The van der Waals surface area contributed by atoms with E-state index in [-0.39, 0.29) is 49.5 Å². The number of ether oxygens (including phenoxy) is 2. The van der Waals surface area contributed by atoms with Crippen LogP contribution in [0.3, 0.4) is 0 Å². The average Bonchev–Trinajstić information content (AvgIpc) is 4.45. The van der Waals surface area contributed by atoms with Crippen LogP contribution < -0.4 is 10.7 Å². The number of pyridine rings is 1. The lowest BCUT2D eigenvalue weighted by Crippen LogP contribution is -2.62. The van der Waals surface area contributed by atoms with Crippen LogP contribution >= 0.6 is 11.3 Å². The molecule has 0 spiro atoms. The third kappa shape index (κ3) is 11.0. The summed E-state index contributed by atoms with van der Waals surface area (Å²) >= 11 is -0.0782. The lowest BCUT2D eigenvalue weighted by molar-refractivity contribution is -0.155. The summed E-state index contributed by atoms with van der Waals surface area (Å²) in [5.74, 6) is -2.35. The summed E-state index contributed by atoms with van der Waals surface area (Å²) in [5, 5.41) is 8.12. The number of fused-ring (bicyclic) bond motifs is 6. The number of methoxy groups -OCH3 is 1. The maximum absolute atomic E-state index is 14.8. The Bertz CT molecular complexity index is 3050. The molecule has 1 saturated carbocycles. The first-order valence-electron chi connectivity index (χ1n) is 27.3. The maximum Gasteiger partial charge on any atom is 0.324 e. The minimum Gasteiger partial charge on any atom is -0.593 e. The molecule has 1 aliphatic carbocycles. The fraction of sp³-hybridized carbons (Fsp3) is 0.534. The number of hydrogen-bond acceptors (Lipinski definition) is 13. The minimum absolute atomic E-state index is 0.0545. The molecule has 2 aromatic carbocycles. The molecule has 17 nitrogen and oxygen atoms in total. The first-order chi connectivity index (χ1) is 36.9. The summed E-state index contributed by atoms with van der Waals surface area (Å²) in [4.78, 5) is 86.1. The van der Waals surface area contributed by atoms with Gasteiger partial charge in [0.25, 0.3) is 5.91 Å². The molecule has 3 saturated heterocycles. The van der Waals surface area contributed by atoms with Gasteiger partial charge in [-0.3, -0.25) is 34.0 Å². The van der Waals surface area contributed by atoms with E-state index in [0.717, 1.165) is 63.1 Å². The van der Waals surface area contributed by atoms with Crippen LogP contribution in [0.5, 0.6) is 0 Å². The molecule has 5 aliphatic rings. The monoisotopic (exact) mass is 1090 g/mol. The second-order valence-electron chi connectivity index (χ2n) is 22.9. The summed E-state index contributed by atoms with van der Waals surface area (Å²) in [7, 11) is 3.30. The number of benzene rings is 2. The molecular weight excluding hydrogens is 1010 g/mol. The number of hydrazine groups is 1. The molecule has 4 amide bonds. The third-order valence-corrected chi connectivity index (χ3v) is 18.6. The molecule has 19 heteroatoms. The number of aromatic nitrogens is 3. The summed E-state index contributed by atoms with van der Waals surface area (Å²) < 4.78 is 29.9. The molecule has 5 aromatic rings. The molecule has 10 rings (SSSR count). The fourth-order valence-corrected chi connectivity index (χ4v) is 14.2. The van der Waals surface area contributed by atoms with E-state index in [1.54, 1.807) is 25.3 Å². The van der Waals surface area contributed by atoms with Gasteiger partial charge in [-0.2, -0.15) is 0 Å². The topological polar surface area (TPSA) is 194 Å². The fourth-order valence-electron chi connectivity index (χ4n) is 11.9. The van der Waals surface area contributed by atoms with Gasteiger partial charge in [0, 0.05) is 85.8 Å². The first-order valence-corrected chi connectivity index (χ1v) is 29.3. The standard InChI is InChI=1S/C58H73N9O8S2/c1-10-65-46-22-19-37-27-41(46)42(51(65)40-13-11-24-59-48(40)35(5)74-9)29-58(6,7)32-75-57(72)43-14-12-25-66(62-43)55(70)44(28-47-60-45(37)31-76-47)61-53(68)49(33(2)3)63(8)54(69)38-23-26-64(30-38)56(71)52-50(36-17-18-36)67(52)77(73)39-20-15-34(4)16-21-39/h11,13,15-16,19-22,24,27,31,33,35-36,38,43-44,49-50,52,62H,10,12,14,17-18,23,25-26,28-30,32H2,1-9H3,(H,61,68)/t35-,38-,43-,44-,49-,50+,52+,67?,77+/m0/s1. The normalized spacial score (nSPS) is 24.8. The zero-order valence-corrected chi connectivity index (χ0v) is 47.4. The van der Waals surface area contributed by atoms with Crippen LogP contribution in [0.4, 0.5) is 0 Å². The number of rotatable bonds is 13. The van der Waals surface area contributed by atoms with Gasteiger partial charge in [0.15, 0.2) is 10.9 Å². The highest BCUT2D eigenvalue weighted by Crippen LogP contribution is 2.51. The third-order valence-electron chi connectivity index (χ3n) is 16.2. The number of thiazole rings is 1. The Balaban J connectivity index is 0.909. The lowest BCUT2D eigenvalue weighted by Gasteiger charge is -2.36. The van der Waals surface area contributed by atoms with Crippen LogP contribution in [-0.2, 0) is 64.2 Å². The Hall–Kier alpha value is -5.70. The van der Waals surface area contributed by atoms with Crippen LogP contribution in [0.1, 0.15) is 102 Å². The van der Waals surface area contributed by atoms with Crippen LogP contribution in [0.2, 0.25) is 0 Å². The maximum atomic E-state index is 14.8. The molecule has 410 valence electrons. The van der Waals surface area contributed by atoms with Crippen molar-refractivity contribution in [1.29, 1.82) is 0 Å². The number of aryl methyl sites for hydroxylation is 2. The summed E-state index contributed by atoms with van der Waals surface area (Å²) in [6.45, 7) is 15.7. The van der Waals surface area contributed by atoms with E-state index < -0.39 is 64.6 Å². The lowest BCUT2D eigenvalue weighted by atomic mass is 9.84. The molecule has 1 unspecified atom stereocenters. The average molecular weight is 1090 g/mol. The largest absolute Gasteiger partial charge is 0.593 e. The van der Waals surface area contributed by atoms with E-state index in [1.165, 1.54) is 21.2 Å². The number of esters is 1. The van der Waals surface area contributed by atoms with Gasteiger partial charge in [0.2, 0.25) is 17.7 Å². The van der Waals surface area contributed by atoms with Gasteiger partial charge in [-0.05, 0) is 113 Å². The predicted molar refractivity (Wildman–Crippen MR) is 295 cm³/mol. The van der Waals surface area contributed by atoms with Crippen LogP contribution in [0, 0.1) is 30.1 Å². The zero-order valence-electron chi connectivity index (χ0n) is 45.7. The Kier molecular flexibility index (Phi) is 15.8. The van der Waals surface area contributed by atoms with E-state index >= 15 is 0 Å². The molecule has 9 atom stereocenters. The van der Waals surface area contributed by atoms with E-state index in [9.17, 15) is 28.5 Å². The van der Waals surface area contributed by atoms with Crippen LogP contribution in [0.25, 0.3) is 33.4 Å². The van der Waals surface area contributed by atoms with Gasteiger partial charge < -0.3 is 33.7 Å². The molecule has 6 bridgehead atoms. The van der Waals surface area contributed by atoms with E-state index in [1.807, 2.05) is 67.7 Å². The van der Waals surface area contributed by atoms with Crippen molar-refractivity contribution < 1.29 is 38.0 Å². The van der Waals surface area contributed by atoms with Gasteiger partial charge in [0.1, 0.15) is 18.1 Å². The number of nitrogens with zero attached hydrogens (tertiary/aromatic N) is 7. The number of carbonyl (C=O) groups excluding carboxylic acids is 5. The quantitative estimate of drug-likeness (QED) is 0.0696. The van der Waals surface area contributed by atoms with Crippen molar-refractivity contribution in [1.82, 2.24) is 44.4 Å².